The van der Waals surface area contributed by atoms with Crippen LogP contribution in [0.4, 0.5) is 10.5 Å². The van der Waals surface area contributed by atoms with Crippen molar-refractivity contribution in [1.82, 2.24) is 14.7 Å². The number of benzene rings is 2. The van der Waals surface area contributed by atoms with Crippen molar-refractivity contribution in [1.29, 1.82) is 0 Å². The summed E-state index contributed by atoms with van der Waals surface area (Å²) >= 11 is 0. The van der Waals surface area contributed by atoms with Crippen molar-refractivity contribution in [2.45, 2.75) is 32.7 Å². The highest BCUT2D eigenvalue weighted by Gasteiger charge is 2.26. The number of carbonyl (C=O) groups excluding carboxylic acids is 1. The molecular weight excluding hydrogens is 380 g/mol. The van der Waals surface area contributed by atoms with Crippen LogP contribution in [0.15, 0.2) is 59.4 Å². The maximum atomic E-state index is 12.8. The minimum Gasteiger partial charge on any atom is -0.494 e. The molecule has 2 aromatic carbocycles. The van der Waals surface area contributed by atoms with Gasteiger partial charge in [-0.05, 0) is 42.8 Å². The van der Waals surface area contributed by atoms with Gasteiger partial charge in [0.1, 0.15) is 5.75 Å². The van der Waals surface area contributed by atoms with E-state index < -0.39 is 0 Å². The van der Waals surface area contributed by atoms with Gasteiger partial charge in [0.2, 0.25) is 0 Å². The molecule has 0 bridgehead atoms. The number of anilines is 1. The van der Waals surface area contributed by atoms with E-state index in [1.165, 1.54) is 0 Å². The lowest BCUT2D eigenvalue weighted by atomic mass is 10.1. The highest BCUT2D eigenvalue weighted by atomic mass is 16.5. The number of hydrogen-bond acceptors (Lipinski definition) is 3. The van der Waals surface area contributed by atoms with Crippen LogP contribution in [-0.4, -0.2) is 33.9 Å². The zero-order valence-electron chi connectivity index (χ0n) is 17.1. The van der Waals surface area contributed by atoms with Crippen molar-refractivity contribution in [3.8, 4) is 11.4 Å². The SMILES string of the molecule is CCCCOc1ccc(NC(=O)N2CCc3[nH]n(-c4ccccc4)c(=O)c3C2)cc1. The predicted molar refractivity (Wildman–Crippen MR) is 116 cm³/mol. The van der Waals surface area contributed by atoms with Crippen molar-refractivity contribution < 1.29 is 9.53 Å². The Morgan fingerprint density at radius 2 is 1.90 bits per heavy atom. The van der Waals surface area contributed by atoms with Crippen molar-refractivity contribution >= 4 is 11.7 Å². The summed E-state index contributed by atoms with van der Waals surface area (Å²) in [6.07, 6.45) is 2.71. The lowest BCUT2D eigenvalue weighted by molar-refractivity contribution is 0.206. The van der Waals surface area contributed by atoms with E-state index in [1.54, 1.807) is 9.58 Å². The van der Waals surface area contributed by atoms with Crippen LogP contribution in [0.5, 0.6) is 5.75 Å². The van der Waals surface area contributed by atoms with Crippen LogP contribution >= 0.6 is 0 Å². The molecule has 7 nitrogen and oxygen atoms in total. The Kier molecular flexibility index (Phi) is 5.88. The number of rotatable bonds is 6. The molecule has 2 heterocycles. The molecule has 0 saturated carbocycles. The third kappa shape index (κ3) is 4.25. The molecule has 7 heteroatoms. The van der Waals surface area contributed by atoms with Gasteiger partial charge in [-0.15, -0.1) is 0 Å². The molecule has 0 aliphatic carbocycles. The van der Waals surface area contributed by atoms with Gasteiger partial charge in [-0.25, -0.2) is 9.48 Å². The number of para-hydroxylation sites is 1. The van der Waals surface area contributed by atoms with Crippen LogP contribution in [0, 0.1) is 0 Å². The molecule has 0 unspecified atom stereocenters. The molecule has 0 spiro atoms. The number of ether oxygens (including phenoxy) is 1. The molecule has 1 aromatic heterocycles. The first-order chi connectivity index (χ1) is 14.7. The number of fused-ring (bicyclic) bond motifs is 1. The first-order valence-electron chi connectivity index (χ1n) is 10.3. The molecule has 30 heavy (non-hydrogen) atoms. The number of aromatic amines is 1. The van der Waals surface area contributed by atoms with Gasteiger partial charge in [0.15, 0.2) is 0 Å². The van der Waals surface area contributed by atoms with Crippen LogP contribution in [0.1, 0.15) is 31.0 Å². The average molecular weight is 406 g/mol. The predicted octanol–water partition coefficient (Wildman–Crippen LogP) is 3.93. The van der Waals surface area contributed by atoms with E-state index in [4.69, 9.17) is 4.74 Å². The summed E-state index contributed by atoms with van der Waals surface area (Å²) in [5, 5.41) is 6.09. The normalized spacial score (nSPS) is 13.0. The van der Waals surface area contributed by atoms with Gasteiger partial charge in [0.05, 0.1) is 24.4 Å². The number of aromatic nitrogens is 2. The number of nitrogens with one attached hydrogen (secondary N) is 2. The number of unbranched alkanes of at least 4 members (excludes halogenated alkanes) is 1. The molecule has 2 N–H and O–H groups in total. The standard InChI is InChI=1S/C23H26N4O3/c1-2-3-15-30-19-11-9-17(10-12-19)24-23(29)26-14-13-21-20(16-26)22(28)27(25-21)18-7-5-4-6-8-18/h4-12,25H,2-3,13-16H2,1H3,(H,24,29). The Bertz CT molecular complexity index is 1050. The molecule has 1 aliphatic heterocycles. The Labute approximate surface area is 175 Å². The third-order valence-electron chi connectivity index (χ3n) is 5.23. The molecule has 1 aliphatic rings. The molecule has 0 saturated heterocycles. The molecule has 0 fully saturated rings. The first-order valence-corrected chi connectivity index (χ1v) is 10.3. The average Bonchev–Trinajstić information content (AvgIpc) is 3.11. The van der Waals surface area contributed by atoms with E-state index >= 15 is 0 Å². The fourth-order valence-corrected chi connectivity index (χ4v) is 3.51. The van der Waals surface area contributed by atoms with Gasteiger partial charge in [0.25, 0.3) is 5.56 Å². The second kappa shape index (κ2) is 8.90. The van der Waals surface area contributed by atoms with Crippen LogP contribution in [0.25, 0.3) is 5.69 Å². The Morgan fingerprint density at radius 3 is 2.63 bits per heavy atom. The van der Waals surface area contributed by atoms with Gasteiger partial charge < -0.3 is 15.0 Å². The minimum atomic E-state index is -0.216. The number of H-pyrrole nitrogens is 1. The number of hydrogen-bond donors (Lipinski definition) is 2. The van der Waals surface area contributed by atoms with Crippen molar-refractivity contribution in [2.24, 2.45) is 0 Å². The summed E-state index contributed by atoms with van der Waals surface area (Å²) in [5.74, 6) is 0.790. The van der Waals surface area contributed by atoms with Gasteiger partial charge in [-0.3, -0.25) is 9.89 Å². The monoisotopic (exact) mass is 406 g/mol. The smallest absolute Gasteiger partial charge is 0.322 e. The van der Waals surface area contributed by atoms with E-state index in [9.17, 15) is 9.59 Å². The van der Waals surface area contributed by atoms with Gasteiger partial charge in [-0.2, -0.15) is 0 Å². The van der Waals surface area contributed by atoms with E-state index in [0.29, 0.717) is 30.8 Å². The summed E-state index contributed by atoms with van der Waals surface area (Å²) < 4.78 is 7.20. The maximum Gasteiger partial charge on any atom is 0.322 e. The fourth-order valence-electron chi connectivity index (χ4n) is 3.51. The number of carbonyl (C=O) groups is 1. The van der Waals surface area contributed by atoms with Gasteiger partial charge in [-0.1, -0.05) is 31.5 Å². The Hall–Kier alpha value is -3.48. The molecule has 4 rings (SSSR count). The maximum absolute atomic E-state index is 12.8. The summed E-state index contributed by atoms with van der Waals surface area (Å²) in [6.45, 7) is 3.64. The topological polar surface area (TPSA) is 79.4 Å². The van der Waals surface area contributed by atoms with Crippen molar-refractivity contribution in [3.63, 3.8) is 0 Å². The van der Waals surface area contributed by atoms with Crippen LogP contribution < -0.4 is 15.6 Å². The molecule has 3 aromatic rings. The second-order valence-corrected chi connectivity index (χ2v) is 7.37. The number of urea groups is 1. The van der Waals surface area contributed by atoms with Crippen molar-refractivity contribution in [3.05, 3.63) is 76.2 Å². The fraction of sp³-hybridized carbons (Fsp3) is 0.304. The molecule has 2 amide bonds. The largest absolute Gasteiger partial charge is 0.494 e. The number of amides is 2. The zero-order chi connectivity index (χ0) is 20.9. The highest BCUT2D eigenvalue weighted by Crippen LogP contribution is 2.19. The van der Waals surface area contributed by atoms with E-state index in [2.05, 4.69) is 17.3 Å². The Balaban J connectivity index is 1.41. The molecular formula is C23H26N4O3. The lowest BCUT2D eigenvalue weighted by Crippen LogP contribution is -2.40. The van der Waals surface area contributed by atoms with Gasteiger partial charge in [0, 0.05) is 24.3 Å². The van der Waals surface area contributed by atoms with E-state index in [1.807, 2.05) is 54.6 Å². The van der Waals surface area contributed by atoms with E-state index in [0.717, 1.165) is 30.0 Å². The van der Waals surface area contributed by atoms with Crippen LogP contribution in [0.3, 0.4) is 0 Å². The van der Waals surface area contributed by atoms with Crippen LogP contribution in [0.2, 0.25) is 0 Å². The summed E-state index contributed by atoms with van der Waals surface area (Å²) in [6, 6.07) is 16.6. The lowest BCUT2D eigenvalue weighted by Gasteiger charge is -2.26. The molecule has 156 valence electrons. The van der Waals surface area contributed by atoms with Crippen molar-refractivity contribution in [2.75, 3.05) is 18.5 Å². The summed E-state index contributed by atoms with van der Waals surface area (Å²) in [7, 11) is 0. The Morgan fingerprint density at radius 1 is 1.13 bits per heavy atom. The van der Waals surface area contributed by atoms with Crippen LogP contribution in [-0.2, 0) is 13.0 Å². The minimum absolute atomic E-state index is 0.109. The van der Waals surface area contributed by atoms with Gasteiger partial charge >= 0.3 is 6.03 Å². The summed E-state index contributed by atoms with van der Waals surface area (Å²) in [4.78, 5) is 27.2. The first kappa shape index (κ1) is 19.8. The zero-order valence-corrected chi connectivity index (χ0v) is 17.1. The highest BCUT2D eigenvalue weighted by molar-refractivity contribution is 5.89. The summed E-state index contributed by atoms with van der Waals surface area (Å²) in [5.41, 5.74) is 2.90. The third-order valence-corrected chi connectivity index (χ3v) is 5.23. The molecule has 0 radical (unpaired) electrons. The van der Waals surface area contributed by atoms with E-state index in [-0.39, 0.29) is 18.1 Å². The quantitative estimate of drug-likeness (QED) is 0.609. The molecule has 0 atom stereocenters. The second-order valence-electron chi connectivity index (χ2n) is 7.37. The number of nitrogens with zero attached hydrogens (tertiary/aromatic N) is 2.